The standard InChI is InChI=1S/C25H18F3N3O5S/c1-2-35-21-12-15(13-22-23(32)30-24(37-22)29-17-6-4-3-5-7-17)8-10-20(21)36-19-11-9-16(25(26,27)28)14-18(19)31(33)34/h3-14H,2H2,1H3,(H,29,30,32)/b22-13-. The van der Waals surface area contributed by atoms with Crippen molar-refractivity contribution in [3.63, 3.8) is 0 Å². The molecule has 4 rings (SSSR count). The van der Waals surface area contributed by atoms with Gasteiger partial charge >= 0.3 is 11.9 Å². The first-order valence-electron chi connectivity index (χ1n) is 10.8. The highest BCUT2D eigenvalue weighted by molar-refractivity contribution is 8.18. The molecule has 0 unspecified atom stereocenters. The van der Waals surface area contributed by atoms with Crippen molar-refractivity contribution in [3.8, 4) is 17.2 Å². The van der Waals surface area contributed by atoms with E-state index in [0.717, 1.165) is 17.8 Å². The van der Waals surface area contributed by atoms with Crippen LogP contribution in [0.5, 0.6) is 17.2 Å². The Hall–Kier alpha value is -4.32. The second-order valence-corrected chi connectivity index (χ2v) is 8.53. The highest BCUT2D eigenvalue weighted by atomic mass is 32.2. The van der Waals surface area contributed by atoms with Crippen LogP contribution in [0.4, 0.5) is 24.5 Å². The number of thioether (sulfide) groups is 1. The molecule has 0 saturated carbocycles. The Morgan fingerprint density at radius 1 is 1.05 bits per heavy atom. The summed E-state index contributed by atoms with van der Waals surface area (Å²) in [4.78, 5) is 27.6. The van der Waals surface area contributed by atoms with Crippen LogP contribution in [0.3, 0.4) is 0 Å². The number of alkyl halides is 3. The van der Waals surface area contributed by atoms with E-state index in [4.69, 9.17) is 9.47 Å². The lowest BCUT2D eigenvalue weighted by atomic mass is 10.1. The van der Waals surface area contributed by atoms with E-state index in [9.17, 15) is 28.1 Å². The number of aliphatic imine (C=N–C) groups is 1. The van der Waals surface area contributed by atoms with Crippen molar-refractivity contribution in [2.24, 2.45) is 4.99 Å². The number of amides is 1. The van der Waals surface area contributed by atoms with Gasteiger partial charge in [-0.3, -0.25) is 14.9 Å². The number of carbonyl (C=O) groups excluding carboxylic acids is 1. The van der Waals surface area contributed by atoms with Gasteiger partial charge in [0.25, 0.3) is 5.91 Å². The number of nitrogens with one attached hydrogen (secondary N) is 1. The molecule has 1 heterocycles. The fourth-order valence-corrected chi connectivity index (χ4v) is 4.10. The molecule has 3 aromatic carbocycles. The summed E-state index contributed by atoms with van der Waals surface area (Å²) >= 11 is 1.15. The molecule has 1 aliphatic rings. The third-order valence-corrected chi connectivity index (χ3v) is 5.82. The van der Waals surface area contributed by atoms with Crippen molar-refractivity contribution in [1.29, 1.82) is 0 Å². The van der Waals surface area contributed by atoms with Crippen LogP contribution in [0.1, 0.15) is 18.1 Å². The number of nitro benzene ring substituents is 1. The first-order valence-corrected chi connectivity index (χ1v) is 11.6. The summed E-state index contributed by atoms with van der Waals surface area (Å²) < 4.78 is 50.2. The summed E-state index contributed by atoms with van der Waals surface area (Å²) in [6.07, 6.45) is -3.13. The molecule has 1 amide bonds. The van der Waals surface area contributed by atoms with Gasteiger partial charge in [0.15, 0.2) is 16.7 Å². The molecule has 0 spiro atoms. The van der Waals surface area contributed by atoms with Crippen LogP contribution in [0, 0.1) is 10.1 Å². The SMILES string of the molecule is CCOc1cc(/C=C2\SC(=Nc3ccccc3)NC2=O)ccc1Oc1ccc(C(F)(F)F)cc1[N+](=O)[O-]. The molecule has 0 radical (unpaired) electrons. The first-order chi connectivity index (χ1) is 17.6. The van der Waals surface area contributed by atoms with Crippen molar-refractivity contribution in [1.82, 2.24) is 5.32 Å². The predicted molar refractivity (Wildman–Crippen MR) is 133 cm³/mol. The highest BCUT2D eigenvalue weighted by Gasteiger charge is 2.33. The number of hydrogen-bond acceptors (Lipinski definition) is 7. The number of benzene rings is 3. The number of rotatable bonds is 7. The molecule has 1 fully saturated rings. The minimum Gasteiger partial charge on any atom is -0.490 e. The molecule has 1 aliphatic heterocycles. The molecule has 1 N–H and O–H groups in total. The zero-order valence-electron chi connectivity index (χ0n) is 19.1. The number of amidine groups is 1. The molecule has 3 aromatic rings. The van der Waals surface area contributed by atoms with E-state index in [-0.39, 0.29) is 29.8 Å². The first kappa shape index (κ1) is 25.8. The van der Waals surface area contributed by atoms with E-state index in [0.29, 0.717) is 33.5 Å². The number of para-hydroxylation sites is 1. The maximum Gasteiger partial charge on any atom is 0.416 e. The minimum absolute atomic E-state index is 0.0571. The second-order valence-electron chi connectivity index (χ2n) is 7.50. The number of ether oxygens (including phenoxy) is 2. The number of hydrogen-bond donors (Lipinski definition) is 1. The maximum atomic E-state index is 13.0. The fourth-order valence-electron chi connectivity index (χ4n) is 3.26. The monoisotopic (exact) mass is 529 g/mol. The Balaban J connectivity index is 1.61. The van der Waals surface area contributed by atoms with Crippen LogP contribution in [0.25, 0.3) is 6.08 Å². The summed E-state index contributed by atoms with van der Waals surface area (Å²) in [5.41, 5.74) is -0.755. The van der Waals surface area contributed by atoms with Gasteiger partial charge in [0.1, 0.15) is 0 Å². The molecule has 8 nitrogen and oxygen atoms in total. The normalized spacial score (nSPS) is 15.6. The van der Waals surface area contributed by atoms with Gasteiger partial charge in [-0.25, -0.2) is 4.99 Å². The van der Waals surface area contributed by atoms with Crippen molar-refractivity contribution in [2.45, 2.75) is 13.1 Å². The Bertz CT molecular complexity index is 1410. The van der Waals surface area contributed by atoms with Gasteiger partial charge in [0, 0.05) is 6.07 Å². The van der Waals surface area contributed by atoms with E-state index in [1.807, 2.05) is 18.2 Å². The summed E-state index contributed by atoms with van der Waals surface area (Å²) in [5, 5.41) is 14.5. The van der Waals surface area contributed by atoms with Gasteiger partial charge < -0.3 is 14.8 Å². The van der Waals surface area contributed by atoms with E-state index in [2.05, 4.69) is 10.3 Å². The number of halogens is 3. The Labute approximate surface area is 213 Å². The van der Waals surface area contributed by atoms with Crippen LogP contribution in [0.2, 0.25) is 0 Å². The largest absolute Gasteiger partial charge is 0.490 e. The van der Waals surface area contributed by atoms with E-state index in [1.54, 1.807) is 37.3 Å². The number of carbonyl (C=O) groups is 1. The third-order valence-electron chi connectivity index (χ3n) is 4.91. The predicted octanol–water partition coefficient (Wildman–Crippen LogP) is 6.70. The van der Waals surface area contributed by atoms with Crippen LogP contribution >= 0.6 is 11.8 Å². The van der Waals surface area contributed by atoms with Crippen LogP contribution < -0.4 is 14.8 Å². The lowest BCUT2D eigenvalue weighted by molar-refractivity contribution is -0.385. The Morgan fingerprint density at radius 2 is 1.78 bits per heavy atom. The average Bonchev–Trinajstić information content (AvgIpc) is 3.19. The summed E-state index contributed by atoms with van der Waals surface area (Å²) in [5.74, 6) is -0.467. The molecule has 0 bridgehead atoms. The van der Waals surface area contributed by atoms with Gasteiger partial charge in [-0.05, 0) is 66.7 Å². The average molecular weight is 529 g/mol. The van der Waals surface area contributed by atoms with Gasteiger partial charge in [-0.2, -0.15) is 13.2 Å². The topological polar surface area (TPSA) is 103 Å². The van der Waals surface area contributed by atoms with Crippen molar-refractivity contribution in [2.75, 3.05) is 6.61 Å². The lowest BCUT2D eigenvalue weighted by Crippen LogP contribution is -2.19. The summed E-state index contributed by atoms with van der Waals surface area (Å²) in [7, 11) is 0. The summed E-state index contributed by atoms with van der Waals surface area (Å²) in [6, 6.07) is 15.7. The fraction of sp³-hybridized carbons (Fsp3) is 0.120. The van der Waals surface area contributed by atoms with Crippen LogP contribution in [-0.2, 0) is 11.0 Å². The highest BCUT2D eigenvalue weighted by Crippen LogP contribution is 2.40. The zero-order chi connectivity index (χ0) is 26.6. The Morgan fingerprint density at radius 3 is 2.46 bits per heavy atom. The van der Waals surface area contributed by atoms with E-state index in [1.165, 1.54) is 6.07 Å². The molecular weight excluding hydrogens is 511 g/mol. The van der Waals surface area contributed by atoms with Gasteiger partial charge in [-0.1, -0.05) is 24.3 Å². The van der Waals surface area contributed by atoms with Crippen molar-refractivity contribution >= 4 is 40.3 Å². The molecule has 12 heteroatoms. The van der Waals surface area contributed by atoms with E-state index < -0.39 is 22.4 Å². The molecule has 0 aromatic heterocycles. The number of nitro groups is 1. The molecule has 0 aliphatic carbocycles. The minimum atomic E-state index is -4.74. The second kappa shape index (κ2) is 10.7. The quantitative estimate of drug-likeness (QED) is 0.208. The molecule has 190 valence electrons. The number of nitrogens with zero attached hydrogens (tertiary/aromatic N) is 2. The molecular formula is C25H18F3N3O5S. The van der Waals surface area contributed by atoms with E-state index >= 15 is 0 Å². The molecule has 1 saturated heterocycles. The lowest BCUT2D eigenvalue weighted by Gasteiger charge is -2.13. The molecule has 0 atom stereocenters. The maximum absolute atomic E-state index is 13.0. The smallest absolute Gasteiger partial charge is 0.416 e. The Kier molecular flexibility index (Phi) is 7.48. The van der Waals surface area contributed by atoms with Crippen molar-refractivity contribution in [3.05, 3.63) is 92.9 Å². The van der Waals surface area contributed by atoms with Gasteiger partial charge in [0.2, 0.25) is 5.75 Å². The van der Waals surface area contributed by atoms with Crippen LogP contribution in [-0.4, -0.2) is 22.6 Å². The third kappa shape index (κ3) is 6.28. The van der Waals surface area contributed by atoms with Crippen molar-refractivity contribution < 1.29 is 32.4 Å². The zero-order valence-corrected chi connectivity index (χ0v) is 19.9. The van der Waals surface area contributed by atoms with Gasteiger partial charge in [0.05, 0.1) is 27.7 Å². The van der Waals surface area contributed by atoms with Gasteiger partial charge in [-0.15, -0.1) is 0 Å². The van der Waals surface area contributed by atoms with Crippen LogP contribution in [0.15, 0.2) is 76.6 Å². The summed E-state index contributed by atoms with van der Waals surface area (Å²) in [6.45, 7) is 1.93. The molecule has 37 heavy (non-hydrogen) atoms.